The Hall–Kier alpha value is -2.01. The molecular weight excluding hydrogens is 1040 g/mol. The lowest BCUT2D eigenvalue weighted by atomic mass is 10.2. The Labute approximate surface area is 314 Å². The molecule has 45 heavy (non-hydrogen) atoms. The largest absolute Gasteiger partial charge is 0.496 e. The van der Waals surface area contributed by atoms with Gasteiger partial charge < -0.3 is 33.5 Å². The fourth-order valence-corrected chi connectivity index (χ4v) is 5.96. The van der Waals surface area contributed by atoms with Crippen LogP contribution in [0.2, 0.25) is 0 Å². The minimum atomic E-state index is -1.68. The van der Waals surface area contributed by atoms with E-state index >= 15 is 0 Å². The molecule has 0 spiro atoms. The van der Waals surface area contributed by atoms with Crippen molar-refractivity contribution in [1.82, 2.24) is 0 Å². The Morgan fingerprint density at radius 3 is 1.76 bits per heavy atom. The molecule has 14 heteroatoms. The van der Waals surface area contributed by atoms with Crippen LogP contribution in [0.4, 0.5) is 0 Å². The van der Waals surface area contributed by atoms with E-state index in [1.54, 1.807) is 49.6 Å². The second kappa shape index (κ2) is 17.2. The van der Waals surface area contributed by atoms with Gasteiger partial charge in [-0.2, -0.15) is 0 Å². The minimum Gasteiger partial charge on any atom is -0.496 e. The summed E-state index contributed by atoms with van der Waals surface area (Å²) in [5.41, 5.74) is 0.635. The first-order valence-electron chi connectivity index (χ1n) is 12.8. The maximum absolute atomic E-state index is 13.0. The van der Waals surface area contributed by atoms with E-state index in [1.165, 1.54) is 19.1 Å². The van der Waals surface area contributed by atoms with Crippen LogP contribution in [0, 0.1) is 14.3 Å². The highest BCUT2D eigenvalue weighted by Crippen LogP contribution is 2.34. The number of hydrogen-bond acceptors (Lipinski definition) is 10. The number of hydrogen-bond donors (Lipinski definition) is 1. The Kier molecular flexibility index (Phi) is 14.3. The third-order valence-electron chi connectivity index (χ3n) is 5.76. The van der Waals surface area contributed by atoms with Gasteiger partial charge in [0.25, 0.3) is 0 Å². The maximum Gasteiger partial charge on any atom is 0.343 e. The molecule has 0 saturated heterocycles. The molecule has 238 valence electrons. The fraction of sp³-hybridized carbons (Fsp3) is 0.194. The van der Waals surface area contributed by atoms with Crippen molar-refractivity contribution < 1.29 is 47.9 Å². The molecule has 2 unspecified atom stereocenters. The van der Waals surface area contributed by atoms with Gasteiger partial charge in [-0.1, -0.05) is 13.2 Å². The SMILES string of the molecule is C=CC(=O)OCC(COc1ccc(C(=O)Oc2ccc(OC(=O)c3ccc(OC)c(I)c3)c(I)c2I)cc1I)OC(C)(O)C=C. The van der Waals surface area contributed by atoms with Crippen LogP contribution in [-0.4, -0.2) is 55.2 Å². The van der Waals surface area contributed by atoms with Crippen molar-refractivity contribution in [3.63, 3.8) is 0 Å². The highest BCUT2D eigenvalue weighted by Gasteiger charge is 2.25. The van der Waals surface area contributed by atoms with Gasteiger partial charge in [-0.15, -0.1) is 0 Å². The number of rotatable bonds is 14. The first kappa shape index (κ1) is 37.4. The molecule has 0 aliphatic rings. The molecule has 0 aromatic heterocycles. The number of esters is 3. The van der Waals surface area contributed by atoms with Crippen molar-refractivity contribution in [1.29, 1.82) is 0 Å². The van der Waals surface area contributed by atoms with Crippen LogP contribution in [0.5, 0.6) is 23.0 Å². The third kappa shape index (κ3) is 10.8. The predicted molar refractivity (Wildman–Crippen MR) is 199 cm³/mol. The van der Waals surface area contributed by atoms with Crippen LogP contribution in [0.15, 0.2) is 73.8 Å². The van der Waals surface area contributed by atoms with Gasteiger partial charge in [0, 0.05) is 6.08 Å². The quantitative estimate of drug-likeness (QED) is 0.0454. The average molecular weight is 1070 g/mol. The zero-order valence-electron chi connectivity index (χ0n) is 23.8. The monoisotopic (exact) mass is 1070 g/mol. The number of carbonyl (C=O) groups excluding carboxylic acids is 3. The standard InChI is InChI=1S/C31H26I4O10/c1-5-26(36)42-16-19(45-31(3,39)6-2)15-41-23-10-8-18(14-21(23)33)30(38)44-25-12-11-24(27(34)28(25)35)43-29(37)17-7-9-22(40-4)20(32)13-17/h5-14,19,39H,1-2,15-16H2,3-4H3. The molecule has 10 nitrogen and oxygen atoms in total. The normalized spacial score (nSPS) is 12.7. The Morgan fingerprint density at radius 2 is 1.31 bits per heavy atom. The van der Waals surface area contributed by atoms with E-state index in [1.807, 2.05) is 67.8 Å². The Bertz CT molecular complexity index is 1610. The summed E-state index contributed by atoms with van der Waals surface area (Å²) in [7, 11) is 1.55. The molecule has 0 heterocycles. The van der Waals surface area contributed by atoms with Gasteiger partial charge in [-0.05, 0) is 152 Å². The van der Waals surface area contributed by atoms with Crippen molar-refractivity contribution in [3.8, 4) is 23.0 Å². The van der Waals surface area contributed by atoms with Gasteiger partial charge in [0.2, 0.25) is 0 Å². The van der Waals surface area contributed by atoms with Gasteiger partial charge in [0.15, 0.2) is 5.79 Å². The zero-order valence-corrected chi connectivity index (χ0v) is 32.4. The van der Waals surface area contributed by atoms with E-state index in [0.717, 1.165) is 9.65 Å². The van der Waals surface area contributed by atoms with Crippen molar-refractivity contribution >= 4 is 108 Å². The zero-order chi connectivity index (χ0) is 33.3. The van der Waals surface area contributed by atoms with Crippen LogP contribution >= 0.6 is 90.4 Å². The topological polar surface area (TPSA) is 127 Å². The lowest BCUT2D eigenvalue weighted by molar-refractivity contribution is -0.202. The number of carbonyl (C=O) groups is 3. The van der Waals surface area contributed by atoms with Crippen molar-refractivity contribution in [2.45, 2.75) is 18.8 Å². The Morgan fingerprint density at radius 1 is 0.822 bits per heavy atom. The minimum absolute atomic E-state index is 0.0839. The summed E-state index contributed by atoms with van der Waals surface area (Å²) in [6.45, 7) is 7.97. The lowest BCUT2D eigenvalue weighted by Crippen LogP contribution is -2.38. The van der Waals surface area contributed by atoms with Crippen LogP contribution in [0.3, 0.4) is 0 Å². The molecular formula is C31H26I4O10. The summed E-state index contributed by atoms with van der Waals surface area (Å²) < 4.78 is 35.5. The number of benzene rings is 3. The van der Waals surface area contributed by atoms with E-state index in [9.17, 15) is 19.5 Å². The molecule has 0 aliphatic carbocycles. The van der Waals surface area contributed by atoms with Gasteiger partial charge in [0.05, 0.1) is 32.5 Å². The third-order valence-corrected chi connectivity index (χ3v) is 10.6. The van der Waals surface area contributed by atoms with Crippen molar-refractivity contribution in [2.75, 3.05) is 20.3 Å². The molecule has 2 atom stereocenters. The van der Waals surface area contributed by atoms with E-state index in [4.69, 9.17) is 28.4 Å². The van der Waals surface area contributed by atoms with E-state index in [-0.39, 0.29) is 18.8 Å². The molecule has 0 amide bonds. The van der Waals surface area contributed by atoms with Gasteiger partial charge in [-0.25, -0.2) is 14.4 Å². The van der Waals surface area contributed by atoms with Crippen LogP contribution in [-0.2, 0) is 14.3 Å². The summed E-state index contributed by atoms with van der Waals surface area (Å²) in [6, 6.07) is 12.8. The number of ether oxygens (including phenoxy) is 6. The highest BCUT2D eigenvalue weighted by atomic mass is 127. The molecule has 3 aromatic rings. The van der Waals surface area contributed by atoms with Crippen molar-refractivity contribution in [2.24, 2.45) is 0 Å². The molecule has 1 N–H and O–H groups in total. The summed E-state index contributed by atoms with van der Waals surface area (Å²) in [5.74, 6) is -1.78. The predicted octanol–water partition coefficient (Wildman–Crippen LogP) is 6.94. The molecule has 0 bridgehead atoms. The number of methoxy groups -OCH3 is 1. The van der Waals surface area contributed by atoms with Gasteiger partial charge >= 0.3 is 17.9 Å². The fourth-order valence-electron chi connectivity index (χ4n) is 3.45. The molecule has 0 fully saturated rings. The smallest absolute Gasteiger partial charge is 0.343 e. The van der Waals surface area contributed by atoms with Crippen molar-refractivity contribution in [3.05, 3.63) is 99.2 Å². The molecule has 0 saturated carbocycles. The second-order valence-corrected chi connectivity index (χ2v) is 13.6. The second-order valence-electron chi connectivity index (χ2n) is 9.11. The number of halogens is 4. The first-order valence-corrected chi connectivity index (χ1v) is 17.1. The van der Waals surface area contributed by atoms with E-state index in [2.05, 4.69) is 35.7 Å². The van der Waals surface area contributed by atoms with E-state index in [0.29, 0.717) is 39.3 Å². The van der Waals surface area contributed by atoms with Crippen LogP contribution in [0.25, 0.3) is 0 Å². The molecule has 3 rings (SSSR count). The summed E-state index contributed by atoms with van der Waals surface area (Å²) in [4.78, 5) is 37.3. The van der Waals surface area contributed by atoms with Gasteiger partial charge in [0.1, 0.15) is 42.3 Å². The lowest BCUT2D eigenvalue weighted by Gasteiger charge is -2.26. The summed E-state index contributed by atoms with van der Waals surface area (Å²) in [6.07, 6.45) is 1.37. The first-order chi connectivity index (χ1) is 21.3. The molecule has 0 radical (unpaired) electrons. The average Bonchev–Trinajstić information content (AvgIpc) is 3.02. The highest BCUT2D eigenvalue weighted by molar-refractivity contribution is 14.1. The van der Waals surface area contributed by atoms with E-state index < -0.39 is 29.8 Å². The molecule has 0 aliphatic heterocycles. The summed E-state index contributed by atoms with van der Waals surface area (Å²) >= 11 is 8.15. The van der Waals surface area contributed by atoms with Gasteiger partial charge in [-0.3, -0.25) is 0 Å². The Balaban J connectivity index is 1.67. The van der Waals surface area contributed by atoms with Crippen LogP contribution in [0.1, 0.15) is 27.6 Å². The summed E-state index contributed by atoms with van der Waals surface area (Å²) in [5, 5.41) is 10.2. The number of aliphatic hydroxyl groups is 1. The van der Waals surface area contributed by atoms with Crippen LogP contribution < -0.4 is 18.9 Å². The maximum atomic E-state index is 13.0. The molecule has 3 aromatic carbocycles.